The fourth-order valence-corrected chi connectivity index (χ4v) is 4.98. The second-order valence-electron chi connectivity index (χ2n) is 6.06. The minimum atomic E-state index is -3.64. The zero-order valence-electron chi connectivity index (χ0n) is 14.1. The number of hydrogen-bond donors (Lipinski definition) is 1. The molecule has 0 spiro atoms. The fraction of sp³-hybridized carbons (Fsp3) is 0.353. The molecular weight excluding hydrogens is 399 g/mol. The summed E-state index contributed by atoms with van der Waals surface area (Å²) < 4.78 is 32.1. The number of aryl methyl sites for hydroxylation is 1. The summed E-state index contributed by atoms with van der Waals surface area (Å²) in [5.74, 6) is -0.362. The third kappa shape index (κ3) is 3.91. The summed E-state index contributed by atoms with van der Waals surface area (Å²) in [6.45, 7) is 2.69. The Balaban J connectivity index is 1.74. The molecule has 0 unspecified atom stereocenters. The first-order valence-electron chi connectivity index (χ1n) is 8.12. The number of nitrogens with one attached hydrogen (secondary N) is 1. The highest BCUT2D eigenvalue weighted by atomic mass is 35.5. The van der Waals surface area contributed by atoms with Crippen LogP contribution >= 0.6 is 23.2 Å². The van der Waals surface area contributed by atoms with E-state index in [0.29, 0.717) is 28.7 Å². The molecule has 1 fully saturated rings. The Hall–Kier alpha value is -1.54. The zero-order valence-corrected chi connectivity index (χ0v) is 16.4. The van der Waals surface area contributed by atoms with Gasteiger partial charge in [-0.15, -0.1) is 0 Å². The number of benzene rings is 1. The molecule has 1 aromatic carbocycles. The van der Waals surface area contributed by atoms with Crippen molar-refractivity contribution in [3.05, 3.63) is 51.4 Å². The molecule has 26 heavy (non-hydrogen) atoms. The first-order chi connectivity index (χ1) is 12.3. The van der Waals surface area contributed by atoms with E-state index in [2.05, 4.69) is 5.32 Å². The summed E-state index contributed by atoms with van der Waals surface area (Å²) in [5, 5.41) is 3.61. The Labute approximate surface area is 162 Å². The van der Waals surface area contributed by atoms with Gasteiger partial charge in [0.05, 0.1) is 0 Å². The average molecular weight is 417 g/mol. The van der Waals surface area contributed by atoms with Crippen molar-refractivity contribution in [2.24, 2.45) is 0 Å². The molecule has 9 heteroatoms. The van der Waals surface area contributed by atoms with E-state index >= 15 is 0 Å². The molecule has 1 saturated heterocycles. The second kappa shape index (κ2) is 7.60. The maximum Gasteiger partial charge on any atom is 0.287 e. The van der Waals surface area contributed by atoms with E-state index in [4.69, 9.17) is 27.6 Å². The molecule has 6 nitrogen and oxygen atoms in total. The third-order valence-corrected chi connectivity index (χ3v) is 6.83. The van der Waals surface area contributed by atoms with Crippen LogP contribution in [-0.2, 0) is 16.6 Å². The molecule has 1 N–H and O–H groups in total. The van der Waals surface area contributed by atoms with Crippen molar-refractivity contribution >= 4 is 39.1 Å². The van der Waals surface area contributed by atoms with Crippen molar-refractivity contribution in [3.63, 3.8) is 0 Å². The highest BCUT2D eigenvalue weighted by Crippen LogP contribution is 2.26. The van der Waals surface area contributed by atoms with Gasteiger partial charge in [-0.3, -0.25) is 4.79 Å². The minimum Gasteiger partial charge on any atom is -0.455 e. The van der Waals surface area contributed by atoms with Gasteiger partial charge in [0.25, 0.3) is 5.91 Å². The van der Waals surface area contributed by atoms with Crippen LogP contribution in [-0.4, -0.2) is 31.7 Å². The van der Waals surface area contributed by atoms with Gasteiger partial charge in [0.15, 0.2) is 5.76 Å². The van der Waals surface area contributed by atoms with Crippen molar-refractivity contribution in [1.82, 2.24) is 9.62 Å². The summed E-state index contributed by atoms with van der Waals surface area (Å²) in [6.07, 6.45) is 1.68. The topological polar surface area (TPSA) is 79.6 Å². The molecule has 0 radical (unpaired) electrons. The van der Waals surface area contributed by atoms with Gasteiger partial charge >= 0.3 is 0 Å². The Morgan fingerprint density at radius 3 is 2.58 bits per heavy atom. The lowest BCUT2D eigenvalue weighted by Gasteiger charge is -2.14. The smallest absolute Gasteiger partial charge is 0.287 e. The number of sulfonamides is 1. The lowest BCUT2D eigenvalue weighted by molar-refractivity contribution is 0.0922. The highest BCUT2D eigenvalue weighted by Gasteiger charge is 2.31. The molecule has 0 aliphatic carbocycles. The van der Waals surface area contributed by atoms with E-state index in [-0.39, 0.29) is 23.0 Å². The zero-order chi connectivity index (χ0) is 18.9. The van der Waals surface area contributed by atoms with Crippen LogP contribution < -0.4 is 5.32 Å². The Kier molecular flexibility index (Phi) is 5.62. The third-order valence-electron chi connectivity index (χ3n) is 4.23. The fourth-order valence-electron chi connectivity index (χ4n) is 2.83. The predicted octanol–water partition coefficient (Wildman–Crippen LogP) is 3.61. The summed E-state index contributed by atoms with van der Waals surface area (Å²) >= 11 is 11.9. The highest BCUT2D eigenvalue weighted by molar-refractivity contribution is 7.89. The van der Waals surface area contributed by atoms with Gasteiger partial charge in [-0.2, -0.15) is 4.31 Å². The van der Waals surface area contributed by atoms with Crippen LogP contribution in [0.15, 0.2) is 33.6 Å². The Morgan fingerprint density at radius 2 is 1.92 bits per heavy atom. The van der Waals surface area contributed by atoms with Crippen molar-refractivity contribution in [2.75, 3.05) is 13.1 Å². The molecule has 1 amide bonds. The molecule has 3 rings (SSSR count). The van der Waals surface area contributed by atoms with Crippen molar-refractivity contribution in [1.29, 1.82) is 0 Å². The van der Waals surface area contributed by atoms with Crippen LogP contribution in [0.3, 0.4) is 0 Å². The monoisotopic (exact) mass is 416 g/mol. The summed E-state index contributed by atoms with van der Waals surface area (Å²) in [4.78, 5) is 12.4. The van der Waals surface area contributed by atoms with Crippen LogP contribution in [0.4, 0.5) is 0 Å². The number of rotatable bonds is 5. The van der Waals surface area contributed by atoms with Gasteiger partial charge in [-0.1, -0.05) is 29.3 Å². The van der Waals surface area contributed by atoms with Crippen molar-refractivity contribution < 1.29 is 17.6 Å². The SMILES string of the molecule is Cc1oc(C(=O)NCc2ccc(Cl)cc2Cl)cc1S(=O)(=O)N1CCCC1. The quantitative estimate of drug-likeness (QED) is 0.806. The van der Waals surface area contributed by atoms with Crippen LogP contribution in [0.1, 0.15) is 34.7 Å². The molecule has 1 aliphatic heterocycles. The van der Waals surface area contributed by atoms with Gasteiger partial charge < -0.3 is 9.73 Å². The lowest BCUT2D eigenvalue weighted by Crippen LogP contribution is -2.28. The van der Waals surface area contributed by atoms with Crippen molar-refractivity contribution in [3.8, 4) is 0 Å². The lowest BCUT2D eigenvalue weighted by atomic mass is 10.2. The van der Waals surface area contributed by atoms with Crippen molar-refractivity contribution in [2.45, 2.75) is 31.2 Å². The molecule has 0 bridgehead atoms. The van der Waals surface area contributed by atoms with E-state index in [9.17, 15) is 13.2 Å². The maximum atomic E-state index is 12.7. The number of carbonyl (C=O) groups is 1. The van der Waals surface area contributed by atoms with Gasteiger partial charge in [0.1, 0.15) is 10.7 Å². The van der Waals surface area contributed by atoms with Gasteiger partial charge in [-0.05, 0) is 37.5 Å². The van der Waals surface area contributed by atoms with E-state index in [1.165, 1.54) is 17.3 Å². The molecule has 1 aromatic heterocycles. The molecule has 140 valence electrons. The van der Waals surface area contributed by atoms with Gasteiger partial charge in [-0.25, -0.2) is 8.42 Å². The number of hydrogen-bond acceptors (Lipinski definition) is 4. The molecule has 0 saturated carbocycles. The van der Waals surface area contributed by atoms with Crippen LogP contribution in [0.25, 0.3) is 0 Å². The number of carbonyl (C=O) groups excluding carboxylic acids is 1. The molecule has 2 aromatic rings. The number of nitrogens with zero attached hydrogens (tertiary/aromatic N) is 1. The van der Waals surface area contributed by atoms with E-state index in [1.807, 2.05) is 0 Å². The summed E-state index contributed by atoms with van der Waals surface area (Å²) in [7, 11) is -3.64. The van der Waals surface area contributed by atoms with Crippen LogP contribution in [0, 0.1) is 6.92 Å². The number of halogens is 2. The average Bonchev–Trinajstić information content (AvgIpc) is 3.24. The van der Waals surface area contributed by atoms with E-state index in [1.54, 1.807) is 18.2 Å². The Morgan fingerprint density at radius 1 is 1.23 bits per heavy atom. The standard InChI is InChI=1S/C17H18Cl2N2O4S/c1-11-16(26(23,24)21-6-2-3-7-21)9-15(25-11)17(22)20-10-12-4-5-13(18)8-14(12)19/h4-5,8-9H,2-3,6-7,10H2,1H3,(H,20,22). The summed E-state index contributed by atoms with van der Waals surface area (Å²) in [6, 6.07) is 6.25. The number of furan rings is 1. The first-order valence-corrected chi connectivity index (χ1v) is 10.3. The normalized spacial score (nSPS) is 15.3. The van der Waals surface area contributed by atoms with Crippen LogP contribution in [0.5, 0.6) is 0 Å². The molecule has 1 aliphatic rings. The largest absolute Gasteiger partial charge is 0.455 e. The molecular formula is C17H18Cl2N2O4S. The number of amides is 1. The second-order valence-corrected chi connectivity index (χ2v) is 8.81. The maximum absolute atomic E-state index is 12.7. The molecule has 0 atom stereocenters. The van der Waals surface area contributed by atoms with Gasteiger partial charge in [0, 0.05) is 35.7 Å². The Bertz CT molecular complexity index is 934. The van der Waals surface area contributed by atoms with Crippen LogP contribution in [0.2, 0.25) is 10.0 Å². The molecule has 2 heterocycles. The van der Waals surface area contributed by atoms with Gasteiger partial charge in [0.2, 0.25) is 10.0 Å². The predicted molar refractivity (Wildman–Crippen MR) is 99.1 cm³/mol. The van der Waals surface area contributed by atoms with E-state index < -0.39 is 15.9 Å². The first kappa shape index (κ1) is 19.2. The minimum absolute atomic E-state index is 0.0362. The summed E-state index contributed by atoms with van der Waals surface area (Å²) in [5.41, 5.74) is 0.692. The van der Waals surface area contributed by atoms with E-state index in [0.717, 1.165) is 12.8 Å².